The van der Waals surface area contributed by atoms with E-state index in [1.54, 1.807) is 10.9 Å². The third-order valence-electron chi connectivity index (χ3n) is 4.70. The van der Waals surface area contributed by atoms with Crippen molar-refractivity contribution < 1.29 is 0 Å². The second-order valence-corrected chi connectivity index (χ2v) is 6.38. The van der Waals surface area contributed by atoms with E-state index in [0.717, 1.165) is 35.4 Å². The molecule has 1 aliphatic heterocycles. The fraction of sp³-hybridized carbons (Fsp3) is 0.389. The van der Waals surface area contributed by atoms with Gasteiger partial charge in [-0.3, -0.25) is 4.68 Å². The van der Waals surface area contributed by atoms with Gasteiger partial charge in [0.25, 0.3) is 0 Å². The zero-order valence-corrected chi connectivity index (χ0v) is 13.8. The topological polar surface area (TPSA) is 62.2 Å². The number of aromatic nitrogens is 4. The summed E-state index contributed by atoms with van der Waals surface area (Å²) >= 11 is 0. The molecular formula is C18H20N6. The van der Waals surface area contributed by atoms with E-state index in [9.17, 15) is 5.26 Å². The Hall–Kier alpha value is -2.81. The quantitative estimate of drug-likeness (QED) is 0.728. The predicted octanol–water partition coefficient (Wildman–Crippen LogP) is 2.99. The summed E-state index contributed by atoms with van der Waals surface area (Å²) in [7, 11) is 1.92. The maximum atomic E-state index is 9.46. The van der Waals surface area contributed by atoms with E-state index in [-0.39, 0.29) is 0 Å². The summed E-state index contributed by atoms with van der Waals surface area (Å²) in [4.78, 5) is 2.41. The number of anilines is 1. The van der Waals surface area contributed by atoms with Gasteiger partial charge in [-0.15, -0.1) is 0 Å². The molecule has 0 spiro atoms. The highest BCUT2D eigenvalue weighted by Crippen LogP contribution is 2.32. The smallest absolute Gasteiger partial charge is 0.107 e. The van der Waals surface area contributed by atoms with Gasteiger partial charge < -0.3 is 4.90 Å². The zero-order valence-electron chi connectivity index (χ0n) is 13.8. The van der Waals surface area contributed by atoms with Gasteiger partial charge in [0.05, 0.1) is 23.6 Å². The lowest BCUT2D eigenvalue weighted by Crippen LogP contribution is -2.24. The fourth-order valence-electron chi connectivity index (χ4n) is 3.46. The first kappa shape index (κ1) is 14.8. The van der Waals surface area contributed by atoms with Crippen LogP contribution in [0.4, 0.5) is 5.69 Å². The molecule has 0 saturated carbocycles. The van der Waals surface area contributed by atoms with E-state index in [1.165, 1.54) is 25.7 Å². The Morgan fingerprint density at radius 2 is 1.79 bits per heavy atom. The van der Waals surface area contributed by atoms with Crippen LogP contribution in [0.15, 0.2) is 30.9 Å². The third-order valence-corrected chi connectivity index (χ3v) is 4.70. The van der Waals surface area contributed by atoms with Crippen LogP contribution in [0.5, 0.6) is 0 Å². The molecule has 0 aromatic carbocycles. The zero-order chi connectivity index (χ0) is 16.5. The van der Waals surface area contributed by atoms with Gasteiger partial charge in [0.1, 0.15) is 11.6 Å². The van der Waals surface area contributed by atoms with Crippen molar-refractivity contribution in [1.82, 2.24) is 19.4 Å². The number of hydrogen-bond acceptors (Lipinski definition) is 4. The average molecular weight is 320 g/mol. The highest BCUT2D eigenvalue weighted by atomic mass is 15.2. The maximum absolute atomic E-state index is 9.46. The molecule has 4 heterocycles. The molecule has 0 unspecified atom stereocenters. The van der Waals surface area contributed by atoms with Crippen molar-refractivity contribution in [1.29, 1.82) is 5.26 Å². The number of rotatable bonds is 2. The van der Waals surface area contributed by atoms with Crippen LogP contribution in [0.3, 0.4) is 0 Å². The van der Waals surface area contributed by atoms with Crippen LogP contribution in [-0.2, 0) is 7.05 Å². The Morgan fingerprint density at radius 3 is 2.46 bits per heavy atom. The monoisotopic (exact) mass is 320 g/mol. The van der Waals surface area contributed by atoms with E-state index < -0.39 is 0 Å². The van der Waals surface area contributed by atoms with Crippen LogP contribution in [0.2, 0.25) is 0 Å². The van der Waals surface area contributed by atoms with Gasteiger partial charge in [-0.1, -0.05) is 12.8 Å². The Kier molecular flexibility index (Phi) is 3.69. The lowest BCUT2D eigenvalue weighted by Gasteiger charge is -2.24. The van der Waals surface area contributed by atoms with Crippen LogP contribution in [0.1, 0.15) is 31.2 Å². The van der Waals surface area contributed by atoms with Crippen LogP contribution in [0, 0.1) is 11.3 Å². The third kappa shape index (κ3) is 2.52. The number of hydrogen-bond donors (Lipinski definition) is 0. The molecule has 1 saturated heterocycles. The molecule has 6 heteroatoms. The highest BCUT2D eigenvalue weighted by molar-refractivity contribution is 5.83. The molecule has 122 valence electrons. The minimum absolute atomic E-state index is 0.631. The molecule has 3 aromatic heterocycles. The summed E-state index contributed by atoms with van der Waals surface area (Å²) in [6.45, 7) is 2.06. The molecule has 3 aromatic rings. The summed E-state index contributed by atoms with van der Waals surface area (Å²) in [6, 6.07) is 4.46. The van der Waals surface area contributed by atoms with Crippen LogP contribution >= 0.6 is 0 Å². The number of nitrogens with zero attached hydrogens (tertiary/aromatic N) is 6. The highest BCUT2D eigenvalue weighted by Gasteiger charge is 2.18. The lowest BCUT2D eigenvalue weighted by molar-refractivity contribution is 0.726. The van der Waals surface area contributed by atoms with Gasteiger partial charge in [-0.05, 0) is 18.9 Å². The minimum atomic E-state index is 0.631. The van der Waals surface area contributed by atoms with Crippen LogP contribution < -0.4 is 4.90 Å². The summed E-state index contributed by atoms with van der Waals surface area (Å²) in [5.41, 5.74) is 4.78. The summed E-state index contributed by atoms with van der Waals surface area (Å²) in [6.07, 6.45) is 12.4. The van der Waals surface area contributed by atoms with Crippen molar-refractivity contribution in [3.63, 3.8) is 0 Å². The van der Waals surface area contributed by atoms with E-state index in [1.807, 2.05) is 30.2 Å². The summed E-state index contributed by atoms with van der Waals surface area (Å²) < 4.78 is 3.63. The lowest BCUT2D eigenvalue weighted by atomic mass is 10.1. The molecular weight excluding hydrogens is 300 g/mol. The van der Waals surface area contributed by atoms with Crippen molar-refractivity contribution in [2.24, 2.45) is 7.05 Å². The molecule has 1 aliphatic rings. The molecule has 1 fully saturated rings. The van der Waals surface area contributed by atoms with Gasteiger partial charge >= 0.3 is 0 Å². The van der Waals surface area contributed by atoms with Crippen molar-refractivity contribution in [3.8, 4) is 17.2 Å². The molecule has 0 amide bonds. The molecule has 0 bridgehead atoms. The molecule has 24 heavy (non-hydrogen) atoms. The van der Waals surface area contributed by atoms with Gasteiger partial charge in [0.2, 0.25) is 0 Å². The number of nitriles is 1. The Balaban J connectivity index is 1.90. The molecule has 0 N–H and O–H groups in total. The van der Waals surface area contributed by atoms with E-state index >= 15 is 0 Å². The molecule has 4 rings (SSSR count). The Bertz CT molecular complexity index is 905. The van der Waals surface area contributed by atoms with Crippen molar-refractivity contribution in [3.05, 3.63) is 36.4 Å². The predicted molar refractivity (Wildman–Crippen MR) is 92.8 cm³/mol. The molecule has 0 aliphatic carbocycles. The second kappa shape index (κ2) is 6.00. The van der Waals surface area contributed by atoms with E-state index in [4.69, 9.17) is 0 Å². The minimum Gasteiger partial charge on any atom is -0.370 e. The van der Waals surface area contributed by atoms with Crippen molar-refractivity contribution in [2.75, 3.05) is 18.0 Å². The molecule has 0 radical (unpaired) electrons. The van der Waals surface area contributed by atoms with Gasteiger partial charge in [0.15, 0.2) is 0 Å². The molecule has 6 nitrogen and oxygen atoms in total. The molecule has 0 atom stereocenters. The van der Waals surface area contributed by atoms with Gasteiger partial charge in [0, 0.05) is 43.7 Å². The maximum Gasteiger partial charge on any atom is 0.107 e. The largest absolute Gasteiger partial charge is 0.370 e. The summed E-state index contributed by atoms with van der Waals surface area (Å²) in [5.74, 6) is 0. The fourth-order valence-corrected chi connectivity index (χ4v) is 3.46. The summed E-state index contributed by atoms with van der Waals surface area (Å²) in [5, 5.41) is 18.1. The normalized spacial score (nSPS) is 15.4. The number of aryl methyl sites for hydroxylation is 1. The SMILES string of the molecule is Cn1cc(-c2cc(N3CCCCCC3)c3c(C#N)cnn3c2)cn1. The second-order valence-electron chi connectivity index (χ2n) is 6.38. The van der Waals surface area contributed by atoms with Crippen LogP contribution in [0.25, 0.3) is 16.6 Å². The van der Waals surface area contributed by atoms with Crippen LogP contribution in [-0.4, -0.2) is 32.5 Å². The Morgan fingerprint density at radius 1 is 1.00 bits per heavy atom. The average Bonchev–Trinajstić information content (AvgIpc) is 3.11. The van der Waals surface area contributed by atoms with Crippen molar-refractivity contribution >= 4 is 11.2 Å². The van der Waals surface area contributed by atoms with E-state index in [0.29, 0.717) is 5.56 Å². The number of pyridine rings is 1. The first-order chi connectivity index (χ1) is 11.8. The first-order valence-electron chi connectivity index (χ1n) is 8.42. The van der Waals surface area contributed by atoms with Crippen molar-refractivity contribution in [2.45, 2.75) is 25.7 Å². The Labute approximate surface area is 140 Å². The van der Waals surface area contributed by atoms with E-state index in [2.05, 4.69) is 27.2 Å². The standard InChI is InChI=1S/C18H20N6/c1-22-12-16(11-20-22)14-8-17(23-6-4-2-3-5-7-23)18-15(9-19)10-21-24(18)13-14/h8,10-13H,2-7H2,1H3. The first-order valence-corrected chi connectivity index (χ1v) is 8.42. The van der Waals surface area contributed by atoms with Gasteiger partial charge in [-0.25, -0.2) is 4.52 Å². The van der Waals surface area contributed by atoms with Gasteiger partial charge in [-0.2, -0.15) is 15.5 Å². The number of fused-ring (bicyclic) bond motifs is 1.